The van der Waals surface area contributed by atoms with Gasteiger partial charge in [-0.05, 0) is 43.0 Å². The van der Waals surface area contributed by atoms with Gasteiger partial charge in [-0.2, -0.15) is 0 Å². The fourth-order valence-corrected chi connectivity index (χ4v) is 5.20. The van der Waals surface area contributed by atoms with Gasteiger partial charge >= 0.3 is 0 Å². The monoisotopic (exact) mass is 421 g/mol. The third kappa shape index (κ3) is 4.33. The highest BCUT2D eigenvalue weighted by atomic mass is 16.5. The Morgan fingerprint density at radius 2 is 1.90 bits per heavy atom. The number of nitrogens with zero attached hydrogens (tertiary/aromatic N) is 1. The van der Waals surface area contributed by atoms with Crippen LogP contribution in [0.25, 0.3) is 6.08 Å². The summed E-state index contributed by atoms with van der Waals surface area (Å²) in [6, 6.07) is 15.3. The Morgan fingerprint density at radius 1 is 1.10 bits per heavy atom. The van der Waals surface area contributed by atoms with Crippen LogP contribution in [0.3, 0.4) is 0 Å². The number of amides is 1. The van der Waals surface area contributed by atoms with Crippen LogP contribution in [0, 0.1) is 5.92 Å². The Morgan fingerprint density at radius 3 is 2.65 bits per heavy atom. The number of hydrogen-bond acceptors (Lipinski definition) is 4. The van der Waals surface area contributed by atoms with Gasteiger partial charge in [-0.25, -0.2) is 0 Å². The molecule has 1 saturated heterocycles. The van der Waals surface area contributed by atoms with Gasteiger partial charge in [-0.3, -0.25) is 4.79 Å². The fraction of sp³-hybridized carbons (Fsp3) is 0.423. The summed E-state index contributed by atoms with van der Waals surface area (Å²) >= 11 is 0. The summed E-state index contributed by atoms with van der Waals surface area (Å²) in [6.07, 6.45) is 7.87. The van der Waals surface area contributed by atoms with Crippen LogP contribution in [0.2, 0.25) is 0 Å². The Bertz CT molecular complexity index is 942. The minimum atomic E-state index is -0.742. The number of fused-ring (bicyclic) bond motifs is 1. The van der Waals surface area contributed by atoms with Gasteiger partial charge in [0.1, 0.15) is 11.5 Å². The average Bonchev–Trinajstić information content (AvgIpc) is 2.81. The molecule has 0 radical (unpaired) electrons. The third-order valence-corrected chi connectivity index (χ3v) is 6.83. The first-order valence-electron chi connectivity index (χ1n) is 11.0. The van der Waals surface area contributed by atoms with Crippen LogP contribution in [0.5, 0.6) is 11.5 Å². The maximum atomic E-state index is 13.3. The van der Waals surface area contributed by atoms with Crippen molar-refractivity contribution in [3.05, 3.63) is 65.7 Å². The summed E-state index contributed by atoms with van der Waals surface area (Å²) in [4.78, 5) is 15.3. The third-order valence-electron chi connectivity index (χ3n) is 6.83. The van der Waals surface area contributed by atoms with E-state index in [4.69, 9.17) is 9.47 Å². The highest BCUT2D eigenvalue weighted by Crippen LogP contribution is 2.51. The molecule has 2 aliphatic rings. The predicted octanol–water partition coefficient (Wildman–Crippen LogP) is 4.61. The van der Waals surface area contributed by atoms with Crippen LogP contribution in [0.15, 0.2) is 54.6 Å². The summed E-state index contributed by atoms with van der Waals surface area (Å²) in [5, 5.41) is 11.5. The zero-order valence-corrected chi connectivity index (χ0v) is 18.3. The molecule has 1 aliphatic carbocycles. The van der Waals surface area contributed by atoms with Crippen molar-refractivity contribution in [2.45, 2.75) is 43.7 Å². The molecule has 4 rings (SSSR count). The zero-order chi connectivity index (χ0) is 21.8. The van der Waals surface area contributed by atoms with Crippen molar-refractivity contribution in [1.29, 1.82) is 0 Å². The largest absolute Gasteiger partial charge is 0.497 e. The van der Waals surface area contributed by atoms with Crippen LogP contribution in [-0.2, 0) is 4.79 Å². The molecule has 2 aromatic carbocycles. The van der Waals surface area contributed by atoms with E-state index in [1.165, 1.54) is 0 Å². The SMILES string of the molecule is COc1ccc([C@H]2[C@H]3CCCC[C@@]3(O)CCN2C(=O)/C=C/c2ccccc2)c(OC)c1. The van der Waals surface area contributed by atoms with Gasteiger partial charge in [-0.1, -0.05) is 43.2 Å². The van der Waals surface area contributed by atoms with Gasteiger partial charge in [0.05, 0.1) is 25.9 Å². The molecule has 31 heavy (non-hydrogen) atoms. The first kappa shape index (κ1) is 21.4. The molecule has 0 bridgehead atoms. The molecular weight excluding hydrogens is 390 g/mol. The maximum Gasteiger partial charge on any atom is 0.247 e. The van der Waals surface area contributed by atoms with E-state index in [0.717, 1.165) is 36.8 Å². The first-order valence-corrected chi connectivity index (χ1v) is 11.0. The van der Waals surface area contributed by atoms with E-state index in [1.54, 1.807) is 20.3 Å². The van der Waals surface area contributed by atoms with E-state index in [-0.39, 0.29) is 17.9 Å². The Kier molecular flexibility index (Phi) is 6.33. The normalized spacial score (nSPS) is 25.8. The standard InChI is InChI=1S/C26H31NO4/c1-30-20-12-13-21(23(18-20)31-2)25-22-10-6-7-15-26(22,29)16-17-27(25)24(28)14-11-19-8-4-3-5-9-19/h3-5,8-9,11-14,18,22,25,29H,6-7,10,15-17H2,1-2H3/b14-11+/t22-,25+,26-/m1/s1. The topological polar surface area (TPSA) is 59.0 Å². The number of piperidine rings is 1. The smallest absolute Gasteiger partial charge is 0.247 e. The van der Waals surface area contributed by atoms with Crippen LogP contribution < -0.4 is 9.47 Å². The molecule has 0 aromatic heterocycles. The summed E-state index contributed by atoms with van der Waals surface area (Å²) in [5.41, 5.74) is 1.17. The van der Waals surface area contributed by atoms with Gasteiger partial charge in [0, 0.05) is 30.2 Å². The lowest BCUT2D eigenvalue weighted by Gasteiger charge is -2.52. The van der Waals surface area contributed by atoms with E-state index in [0.29, 0.717) is 24.5 Å². The van der Waals surface area contributed by atoms with E-state index in [2.05, 4.69) is 0 Å². The van der Waals surface area contributed by atoms with Crippen LogP contribution in [0.1, 0.15) is 49.3 Å². The Balaban J connectivity index is 1.72. The molecule has 1 amide bonds. The van der Waals surface area contributed by atoms with Crippen molar-refractivity contribution in [2.75, 3.05) is 20.8 Å². The van der Waals surface area contributed by atoms with Crippen molar-refractivity contribution >= 4 is 12.0 Å². The number of hydrogen-bond donors (Lipinski definition) is 1. The van der Waals surface area contributed by atoms with Crippen molar-refractivity contribution in [3.8, 4) is 11.5 Å². The van der Waals surface area contributed by atoms with Gasteiger partial charge in [-0.15, -0.1) is 0 Å². The second-order valence-corrected chi connectivity index (χ2v) is 8.53. The number of methoxy groups -OCH3 is 2. The second-order valence-electron chi connectivity index (χ2n) is 8.53. The van der Waals surface area contributed by atoms with Gasteiger partial charge in [0.2, 0.25) is 5.91 Å². The molecule has 3 atom stereocenters. The number of carbonyl (C=O) groups is 1. The molecule has 1 N–H and O–H groups in total. The molecule has 2 fully saturated rings. The summed E-state index contributed by atoms with van der Waals surface area (Å²) in [6.45, 7) is 0.519. The molecule has 1 aliphatic heterocycles. The lowest BCUT2D eigenvalue weighted by Crippen LogP contribution is -2.56. The average molecular weight is 422 g/mol. The van der Waals surface area contributed by atoms with Crippen LogP contribution in [0.4, 0.5) is 0 Å². The molecule has 0 unspecified atom stereocenters. The van der Waals surface area contributed by atoms with Crippen LogP contribution in [-0.4, -0.2) is 42.3 Å². The number of rotatable bonds is 5. The number of benzene rings is 2. The van der Waals surface area contributed by atoms with Crippen molar-refractivity contribution in [1.82, 2.24) is 4.90 Å². The zero-order valence-electron chi connectivity index (χ0n) is 18.3. The first-order chi connectivity index (χ1) is 15.1. The van der Waals surface area contributed by atoms with Crippen molar-refractivity contribution in [2.24, 2.45) is 5.92 Å². The van der Waals surface area contributed by atoms with E-state index in [1.807, 2.05) is 59.5 Å². The predicted molar refractivity (Wildman–Crippen MR) is 121 cm³/mol. The van der Waals surface area contributed by atoms with Crippen LogP contribution >= 0.6 is 0 Å². The molecule has 0 spiro atoms. The maximum absolute atomic E-state index is 13.3. The number of carbonyl (C=O) groups excluding carboxylic acids is 1. The summed E-state index contributed by atoms with van der Waals surface area (Å²) < 4.78 is 11.1. The quantitative estimate of drug-likeness (QED) is 0.716. The highest BCUT2D eigenvalue weighted by molar-refractivity contribution is 5.92. The lowest BCUT2D eigenvalue weighted by molar-refractivity contribution is -0.151. The molecule has 1 saturated carbocycles. The number of likely N-dealkylation sites (tertiary alicyclic amines) is 1. The van der Waals surface area contributed by atoms with E-state index >= 15 is 0 Å². The lowest BCUT2D eigenvalue weighted by atomic mass is 9.66. The van der Waals surface area contributed by atoms with Gasteiger partial charge in [0.25, 0.3) is 0 Å². The van der Waals surface area contributed by atoms with Gasteiger partial charge in [0.15, 0.2) is 0 Å². The minimum Gasteiger partial charge on any atom is -0.497 e. The number of ether oxygens (including phenoxy) is 2. The Hall–Kier alpha value is -2.79. The Labute approximate surface area is 184 Å². The van der Waals surface area contributed by atoms with Crippen molar-refractivity contribution in [3.63, 3.8) is 0 Å². The summed E-state index contributed by atoms with van der Waals surface area (Å²) in [7, 11) is 3.26. The molecular formula is C26H31NO4. The molecule has 5 heteroatoms. The van der Waals surface area contributed by atoms with E-state index < -0.39 is 5.60 Å². The van der Waals surface area contributed by atoms with Crippen molar-refractivity contribution < 1.29 is 19.4 Å². The highest BCUT2D eigenvalue weighted by Gasteiger charge is 2.50. The van der Waals surface area contributed by atoms with Gasteiger partial charge < -0.3 is 19.5 Å². The fourth-order valence-electron chi connectivity index (χ4n) is 5.20. The molecule has 164 valence electrons. The molecule has 5 nitrogen and oxygen atoms in total. The summed E-state index contributed by atoms with van der Waals surface area (Å²) in [5.74, 6) is 1.33. The molecule has 2 aromatic rings. The number of aliphatic hydroxyl groups is 1. The minimum absolute atomic E-state index is 0.0219. The second kappa shape index (κ2) is 9.15. The molecule has 1 heterocycles. The van der Waals surface area contributed by atoms with E-state index in [9.17, 15) is 9.90 Å².